The van der Waals surface area contributed by atoms with Gasteiger partial charge in [-0.25, -0.2) is 0 Å². The summed E-state index contributed by atoms with van der Waals surface area (Å²) in [5.74, 6) is 2.06. The van der Waals surface area contributed by atoms with Crippen molar-refractivity contribution in [2.24, 2.45) is 0 Å². The van der Waals surface area contributed by atoms with Crippen LogP contribution < -0.4 is 4.90 Å². The van der Waals surface area contributed by atoms with Crippen molar-refractivity contribution in [2.75, 3.05) is 23.7 Å². The van der Waals surface area contributed by atoms with Gasteiger partial charge in [-0.3, -0.25) is 4.57 Å². The van der Waals surface area contributed by atoms with Gasteiger partial charge in [-0.1, -0.05) is 29.5 Å². The highest BCUT2D eigenvalue weighted by Gasteiger charge is 2.22. The standard InChI is InChI=1S/C18H24N4OS/c1-14-7-9-16(10-8-14)22-17(21-11-3-4-12-21)19-20-18(22)24-13-5-6-15(2)23/h7-10H,3-6,11-13H2,1-2H3. The summed E-state index contributed by atoms with van der Waals surface area (Å²) in [6, 6.07) is 8.48. The maximum absolute atomic E-state index is 11.1. The monoisotopic (exact) mass is 344 g/mol. The third kappa shape index (κ3) is 3.98. The van der Waals surface area contributed by atoms with Crippen molar-refractivity contribution < 1.29 is 4.79 Å². The largest absolute Gasteiger partial charge is 0.341 e. The first-order chi connectivity index (χ1) is 11.6. The molecule has 0 unspecified atom stereocenters. The first kappa shape index (κ1) is 17.0. The van der Waals surface area contributed by atoms with Gasteiger partial charge >= 0.3 is 0 Å². The van der Waals surface area contributed by atoms with Gasteiger partial charge in [0.25, 0.3) is 0 Å². The normalized spacial score (nSPS) is 14.3. The molecule has 0 bridgehead atoms. The quantitative estimate of drug-likeness (QED) is 0.567. The van der Waals surface area contributed by atoms with Gasteiger partial charge in [-0.2, -0.15) is 0 Å². The molecular weight excluding hydrogens is 320 g/mol. The summed E-state index contributed by atoms with van der Waals surface area (Å²) in [4.78, 5) is 13.4. The second kappa shape index (κ2) is 7.83. The lowest BCUT2D eigenvalue weighted by Crippen LogP contribution is -2.22. The molecule has 5 nitrogen and oxygen atoms in total. The number of benzene rings is 1. The van der Waals surface area contributed by atoms with Crippen LogP contribution in [0.5, 0.6) is 0 Å². The van der Waals surface area contributed by atoms with Gasteiger partial charge in [0, 0.05) is 25.3 Å². The van der Waals surface area contributed by atoms with E-state index in [1.807, 2.05) is 0 Å². The van der Waals surface area contributed by atoms with Crippen LogP contribution in [0.2, 0.25) is 0 Å². The predicted molar refractivity (Wildman–Crippen MR) is 98.2 cm³/mol. The highest BCUT2D eigenvalue weighted by Crippen LogP contribution is 2.29. The zero-order valence-corrected chi connectivity index (χ0v) is 15.2. The highest BCUT2D eigenvalue weighted by atomic mass is 32.2. The number of carbonyl (C=O) groups is 1. The minimum absolute atomic E-state index is 0.244. The van der Waals surface area contributed by atoms with Crippen LogP contribution >= 0.6 is 11.8 Å². The van der Waals surface area contributed by atoms with Gasteiger partial charge in [0.15, 0.2) is 5.16 Å². The number of anilines is 1. The third-order valence-electron chi connectivity index (χ3n) is 4.20. The van der Waals surface area contributed by atoms with Gasteiger partial charge in [0.1, 0.15) is 5.78 Å². The zero-order valence-electron chi connectivity index (χ0n) is 14.4. The Bertz CT molecular complexity index is 690. The van der Waals surface area contributed by atoms with E-state index in [1.165, 1.54) is 18.4 Å². The van der Waals surface area contributed by atoms with Crippen LogP contribution in [0.4, 0.5) is 5.95 Å². The molecule has 6 heteroatoms. The first-order valence-corrected chi connectivity index (χ1v) is 9.53. The van der Waals surface area contributed by atoms with E-state index in [9.17, 15) is 4.79 Å². The summed E-state index contributed by atoms with van der Waals surface area (Å²) >= 11 is 1.68. The van der Waals surface area contributed by atoms with Crippen LogP contribution in [0.25, 0.3) is 5.69 Å². The topological polar surface area (TPSA) is 51.0 Å². The maximum atomic E-state index is 11.1. The summed E-state index contributed by atoms with van der Waals surface area (Å²) in [5, 5.41) is 9.79. The fourth-order valence-corrected chi connectivity index (χ4v) is 3.77. The smallest absolute Gasteiger partial charge is 0.232 e. The molecule has 1 aliphatic rings. The Morgan fingerprint density at radius 2 is 1.88 bits per heavy atom. The molecule has 2 aromatic rings. The summed E-state index contributed by atoms with van der Waals surface area (Å²) in [6.45, 7) is 5.82. The summed E-state index contributed by atoms with van der Waals surface area (Å²) in [6.07, 6.45) is 3.92. The van der Waals surface area contributed by atoms with Crippen LogP contribution in [0.1, 0.15) is 38.2 Å². The van der Waals surface area contributed by atoms with Gasteiger partial charge in [-0.05, 0) is 45.2 Å². The molecule has 1 aliphatic heterocycles. The Kier molecular flexibility index (Phi) is 5.56. The number of aryl methyl sites for hydroxylation is 1. The lowest BCUT2D eigenvalue weighted by atomic mass is 10.2. The van der Waals surface area contributed by atoms with E-state index in [-0.39, 0.29) is 5.78 Å². The van der Waals surface area contributed by atoms with E-state index < -0.39 is 0 Å². The molecule has 0 amide bonds. The molecule has 2 heterocycles. The van der Waals surface area contributed by atoms with E-state index >= 15 is 0 Å². The van der Waals surface area contributed by atoms with Crippen molar-refractivity contribution in [3.63, 3.8) is 0 Å². The van der Waals surface area contributed by atoms with E-state index in [0.29, 0.717) is 6.42 Å². The molecule has 1 fully saturated rings. The van der Waals surface area contributed by atoms with E-state index in [4.69, 9.17) is 0 Å². The molecule has 0 N–H and O–H groups in total. The molecule has 0 saturated carbocycles. The summed E-state index contributed by atoms with van der Waals surface area (Å²) in [7, 11) is 0. The molecule has 0 spiro atoms. The number of ketones is 1. The second-order valence-electron chi connectivity index (χ2n) is 6.30. The molecule has 24 heavy (non-hydrogen) atoms. The average molecular weight is 344 g/mol. The molecule has 1 aromatic heterocycles. The van der Waals surface area contributed by atoms with Gasteiger partial charge in [0.2, 0.25) is 5.95 Å². The van der Waals surface area contributed by atoms with Crippen molar-refractivity contribution >= 4 is 23.5 Å². The second-order valence-corrected chi connectivity index (χ2v) is 7.36. The van der Waals surface area contributed by atoms with Gasteiger partial charge < -0.3 is 9.69 Å². The number of hydrogen-bond donors (Lipinski definition) is 0. The van der Waals surface area contributed by atoms with Crippen molar-refractivity contribution in [2.45, 2.75) is 44.7 Å². The fourth-order valence-electron chi connectivity index (χ4n) is 2.88. The van der Waals surface area contributed by atoms with Crippen LogP contribution in [0.3, 0.4) is 0 Å². The Balaban J connectivity index is 1.84. The average Bonchev–Trinajstić information content (AvgIpc) is 3.21. The Labute approximate surface area is 147 Å². The zero-order chi connectivity index (χ0) is 16.9. The molecule has 0 atom stereocenters. The Morgan fingerprint density at radius 3 is 2.54 bits per heavy atom. The number of thioether (sulfide) groups is 1. The molecular formula is C18H24N4OS. The van der Waals surface area contributed by atoms with E-state index in [2.05, 4.69) is 50.9 Å². The number of carbonyl (C=O) groups excluding carboxylic acids is 1. The van der Waals surface area contributed by atoms with Crippen molar-refractivity contribution in [3.8, 4) is 5.69 Å². The lowest BCUT2D eigenvalue weighted by Gasteiger charge is -2.18. The fraction of sp³-hybridized carbons (Fsp3) is 0.500. The highest BCUT2D eigenvalue weighted by molar-refractivity contribution is 7.99. The molecule has 128 valence electrons. The van der Waals surface area contributed by atoms with Crippen LogP contribution in [-0.4, -0.2) is 39.4 Å². The van der Waals surface area contributed by atoms with Gasteiger partial charge in [0.05, 0.1) is 5.69 Å². The predicted octanol–water partition coefficient (Wildman–Crippen LogP) is 3.64. The van der Waals surface area contributed by atoms with Crippen molar-refractivity contribution in [1.29, 1.82) is 0 Å². The van der Waals surface area contributed by atoms with Crippen molar-refractivity contribution in [3.05, 3.63) is 29.8 Å². The first-order valence-electron chi connectivity index (χ1n) is 8.55. The number of rotatable bonds is 7. The SMILES string of the molecule is CC(=O)CCCSc1nnc(N2CCCC2)n1-c1ccc(C)cc1. The van der Waals surface area contributed by atoms with E-state index in [0.717, 1.165) is 42.1 Å². The summed E-state index contributed by atoms with van der Waals surface area (Å²) < 4.78 is 2.16. The molecule has 1 aromatic carbocycles. The van der Waals surface area contributed by atoms with Crippen molar-refractivity contribution in [1.82, 2.24) is 14.8 Å². The minimum Gasteiger partial charge on any atom is -0.341 e. The van der Waals surface area contributed by atoms with Gasteiger partial charge in [-0.15, -0.1) is 10.2 Å². The minimum atomic E-state index is 0.244. The van der Waals surface area contributed by atoms with Crippen LogP contribution in [0.15, 0.2) is 29.4 Å². The number of hydrogen-bond acceptors (Lipinski definition) is 5. The number of aromatic nitrogens is 3. The number of nitrogens with zero attached hydrogens (tertiary/aromatic N) is 4. The number of Topliss-reactive ketones (excluding diaryl/α,β-unsaturated/α-hetero) is 1. The maximum Gasteiger partial charge on any atom is 0.232 e. The third-order valence-corrected chi connectivity index (χ3v) is 5.22. The van der Waals surface area contributed by atoms with E-state index in [1.54, 1.807) is 18.7 Å². The lowest BCUT2D eigenvalue weighted by molar-refractivity contribution is -0.117. The molecule has 0 aliphatic carbocycles. The van der Waals surface area contributed by atoms with Crippen LogP contribution in [0, 0.1) is 6.92 Å². The van der Waals surface area contributed by atoms with Crippen LogP contribution in [-0.2, 0) is 4.79 Å². The molecule has 3 rings (SSSR count). The Morgan fingerprint density at radius 1 is 1.17 bits per heavy atom. The molecule has 1 saturated heterocycles. The Hall–Kier alpha value is -1.82. The summed E-state index contributed by atoms with van der Waals surface area (Å²) in [5.41, 5.74) is 2.34. The molecule has 0 radical (unpaired) electrons.